The van der Waals surface area contributed by atoms with Crippen LogP contribution in [0, 0.1) is 0 Å². The third-order valence-corrected chi connectivity index (χ3v) is 7.92. The van der Waals surface area contributed by atoms with Crippen LogP contribution in [0.1, 0.15) is 23.6 Å². The van der Waals surface area contributed by atoms with E-state index in [0.29, 0.717) is 20.4 Å². The lowest BCUT2D eigenvalue weighted by Crippen LogP contribution is -2.33. The molecule has 0 radical (unpaired) electrons. The maximum Gasteiger partial charge on any atom is 0.241 e. The number of sulfonamides is 1. The zero-order valence-corrected chi connectivity index (χ0v) is 21.6. The van der Waals surface area contributed by atoms with Crippen LogP contribution in [0.4, 0.5) is 0 Å². The zero-order valence-electron chi connectivity index (χ0n) is 16.9. The highest BCUT2D eigenvalue weighted by Crippen LogP contribution is 2.25. The van der Waals surface area contributed by atoms with Crippen molar-refractivity contribution < 1.29 is 13.2 Å². The van der Waals surface area contributed by atoms with Crippen molar-refractivity contribution in [3.63, 3.8) is 0 Å². The smallest absolute Gasteiger partial charge is 0.241 e. The molecule has 0 heterocycles. The summed E-state index contributed by atoms with van der Waals surface area (Å²) in [6.07, 6.45) is 0.606. The second kappa shape index (κ2) is 11.4. The maximum atomic E-state index is 12.6. The van der Waals surface area contributed by atoms with Crippen LogP contribution in [0.2, 0.25) is 5.02 Å². The minimum absolute atomic E-state index is 0.00370. The average molecular weight is 601 g/mol. The van der Waals surface area contributed by atoms with Gasteiger partial charge in [-0.3, -0.25) is 4.79 Å². The van der Waals surface area contributed by atoms with Gasteiger partial charge in [-0.1, -0.05) is 70.0 Å². The molecule has 0 aromatic heterocycles. The van der Waals surface area contributed by atoms with Gasteiger partial charge in [0.25, 0.3) is 0 Å². The van der Waals surface area contributed by atoms with Crippen molar-refractivity contribution in [1.82, 2.24) is 10.0 Å². The molecule has 1 atom stereocenters. The van der Waals surface area contributed by atoms with Gasteiger partial charge < -0.3 is 5.32 Å². The topological polar surface area (TPSA) is 75.3 Å². The fraction of sp³-hybridized carbons (Fsp3) is 0.174. The van der Waals surface area contributed by atoms with Gasteiger partial charge in [-0.15, -0.1) is 0 Å². The van der Waals surface area contributed by atoms with Crippen LogP contribution in [0.15, 0.2) is 86.6 Å². The second-order valence-corrected chi connectivity index (χ2v) is 11.0. The van der Waals surface area contributed by atoms with Crippen LogP contribution in [0.3, 0.4) is 0 Å². The van der Waals surface area contributed by atoms with E-state index in [1.165, 1.54) is 6.07 Å². The zero-order chi connectivity index (χ0) is 23.1. The molecule has 0 spiro atoms. The fourth-order valence-electron chi connectivity index (χ4n) is 3.12. The van der Waals surface area contributed by atoms with Gasteiger partial charge in [0.15, 0.2) is 0 Å². The van der Waals surface area contributed by atoms with E-state index < -0.39 is 10.0 Å². The third-order valence-electron chi connectivity index (χ3n) is 4.72. The first kappa shape index (κ1) is 24.9. The van der Waals surface area contributed by atoms with Crippen molar-refractivity contribution in [3.8, 4) is 0 Å². The Morgan fingerprint density at radius 1 is 0.969 bits per heavy atom. The number of amides is 1. The van der Waals surface area contributed by atoms with Crippen LogP contribution in [-0.2, 0) is 21.2 Å². The number of benzene rings is 3. The molecule has 0 aliphatic carbocycles. The van der Waals surface area contributed by atoms with E-state index in [2.05, 4.69) is 41.9 Å². The molecule has 1 amide bonds. The predicted octanol–water partition coefficient (Wildman–Crippen LogP) is 5.63. The first-order chi connectivity index (χ1) is 15.2. The fourth-order valence-corrected chi connectivity index (χ4v) is 5.78. The summed E-state index contributed by atoms with van der Waals surface area (Å²) < 4.78 is 28.8. The van der Waals surface area contributed by atoms with Gasteiger partial charge in [0, 0.05) is 26.9 Å². The van der Waals surface area contributed by atoms with Crippen LogP contribution in [0.5, 0.6) is 0 Å². The highest BCUT2D eigenvalue weighted by molar-refractivity contribution is 9.11. The van der Waals surface area contributed by atoms with E-state index in [0.717, 1.165) is 11.1 Å². The molecule has 1 unspecified atom stereocenters. The number of hydrogen-bond donors (Lipinski definition) is 2. The number of carbonyl (C=O) groups is 1. The molecule has 0 saturated carbocycles. The standard InChI is InChI=1S/C23H21Br2ClN2O3S/c24-18-8-11-20(25)22(15-18)32(30,31)27-13-12-23(29)28-21(14-16-4-2-1-3-5-16)17-6-9-19(26)10-7-17/h1-11,15,21,27H,12-14H2,(H,28,29). The second-order valence-electron chi connectivity index (χ2n) is 7.08. The van der Waals surface area contributed by atoms with Crippen LogP contribution < -0.4 is 10.0 Å². The summed E-state index contributed by atoms with van der Waals surface area (Å²) in [6.45, 7) is -0.0220. The molecule has 3 rings (SSSR count). The molecular weight excluding hydrogens is 580 g/mol. The first-order valence-electron chi connectivity index (χ1n) is 9.78. The van der Waals surface area contributed by atoms with Crippen LogP contribution in [0.25, 0.3) is 0 Å². The molecule has 0 fully saturated rings. The highest BCUT2D eigenvalue weighted by Gasteiger charge is 2.19. The van der Waals surface area contributed by atoms with Crippen molar-refractivity contribution in [2.24, 2.45) is 0 Å². The largest absolute Gasteiger partial charge is 0.349 e. The predicted molar refractivity (Wildman–Crippen MR) is 134 cm³/mol. The van der Waals surface area contributed by atoms with E-state index in [4.69, 9.17) is 11.6 Å². The van der Waals surface area contributed by atoms with E-state index in [9.17, 15) is 13.2 Å². The third kappa shape index (κ3) is 7.15. The molecule has 9 heteroatoms. The monoisotopic (exact) mass is 598 g/mol. The van der Waals surface area contributed by atoms with Crippen molar-refractivity contribution in [1.29, 1.82) is 0 Å². The Morgan fingerprint density at radius 3 is 2.34 bits per heavy atom. The lowest BCUT2D eigenvalue weighted by molar-refractivity contribution is -0.121. The van der Waals surface area contributed by atoms with Gasteiger partial charge >= 0.3 is 0 Å². The van der Waals surface area contributed by atoms with Crippen LogP contribution in [-0.4, -0.2) is 20.9 Å². The number of nitrogens with one attached hydrogen (secondary N) is 2. The number of halogens is 3. The summed E-state index contributed by atoms with van der Waals surface area (Å²) in [5.41, 5.74) is 2.00. The lowest BCUT2D eigenvalue weighted by Gasteiger charge is -2.20. The van der Waals surface area contributed by atoms with Crippen molar-refractivity contribution >= 4 is 59.4 Å². The molecule has 5 nitrogen and oxygen atoms in total. The van der Waals surface area contributed by atoms with E-state index >= 15 is 0 Å². The molecule has 3 aromatic carbocycles. The molecule has 3 aromatic rings. The Morgan fingerprint density at radius 2 is 1.66 bits per heavy atom. The number of hydrogen-bond acceptors (Lipinski definition) is 3. The summed E-state index contributed by atoms with van der Waals surface area (Å²) in [4.78, 5) is 12.7. The Hall–Kier alpha value is -1.71. The van der Waals surface area contributed by atoms with Gasteiger partial charge in [-0.25, -0.2) is 13.1 Å². The van der Waals surface area contributed by atoms with Gasteiger partial charge in [-0.2, -0.15) is 0 Å². The Balaban J connectivity index is 1.64. The van der Waals surface area contributed by atoms with Gasteiger partial charge in [-0.05, 0) is 63.8 Å². The van der Waals surface area contributed by atoms with Crippen molar-refractivity contribution in [2.45, 2.75) is 23.8 Å². The van der Waals surface area contributed by atoms with Gasteiger partial charge in [0.2, 0.25) is 15.9 Å². The minimum atomic E-state index is -3.76. The Kier molecular flexibility index (Phi) is 8.90. The van der Waals surface area contributed by atoms with Gasteiger partial charge in [0.1, 0.15) is 0 Å². The minimum Gasteiger partial charge on any atom is -0.349 e. The summed E-state index contributed by atoms with van der Waals surface area (Å²) in [7, 11) is -3.76. The van der Waals surface area contributed by atoms with E-state index in [1.807, 2.05) is 42.5 Å². The first-order valence-corrected chi connectivity index (χ1v) is 13.2. The average Bonchev–Trinajstić information content (AvgIpc) is 2.76. The highest BCUT2D eigenvalue weighted by atomic mass is 79.9. The maximum absolute atomic E-state index is 12.6. The van der Waals surface area contributed by atoms with E-state index in [1.54, 1.807) is 24.3 Å². The summed E-state index contributed by atoms with van der Waals surface area (Å²) in [5, 5.41) is 3.63. The molecule has 0 aliphatic rings. The molecular formula is C23H21Br2ClN2O3S. The van der Waals surface area contributed by atoms with Crippen molar-refractivity contribution in [2.75, 3.05) is 6.54 Å². The number of carbonyl (C=O) groups excluding carboxylic acids is 1. The van der Waals surface area contributed by atoms with E-state index in [-0.39, 0.29) is 29.8 Å². The molecule has 0 aliphatic heterocycles. The summed E-state index contributed by atoms with van der Waals surface area (Å²) in [6, 6.07) is 21.8. The Labute approximate surface area is 209 Å². The molecule has 0 bridgehead atoms. The molecule has 32 heavy (non-hydrogen) atoms. The normalized spacial score (nSPS) is 12.3. The number of rotatable bonds is 9. The van der Waals surface area contributed by atoms with Gasteiger partial charge in [0.05, 0.1) is 10.9 Å². The molecule has 168 valence electrons. The molecule has 2 N–H and O–H groups in total. The molecule has 0 saturated heterocycles. The van der Waals surface area contributed by atoms with Crippen LogP contribution >= 0.6 is 43.5 Å². The lowest BCUT2D eigenvalue weighted by atomic mass is 9.98. The summed E-state index contributed by atoms with van der Waals surface area (Å²) >= 11 is 12.5. The quantitative estimate of drug-likeness (QED) is 0.334. The Bertz CT molecular complexity index is 1170. The van der Waals surface area contributed by atoms with Crippen molar-refractivity contribution in [3.05, 3.63) is 97.9 Å². The SMILES string of the molecule is O=C(CCNS(=O)(=O)c1cc(Br)ccc1Br)NC(Cc1ccccc1)c1ccc(Cl)cc1. The summed E-state index contributed by atoms with van der Waals surface area (Å²) in [5.74, 6) is -0.253.